The molecule has 0 spiro atoms. The van der Waals surface area contributed by atoms with Gasteiger partial charge in [-0.3, -0.25) is 9.56 Å². The molecule has 4 rings (SSSR count). The molecule has 144 valence electrons. The third-order valence-electron chi connectivity index (χ3n) is 7.20. The van der Waals surface area contributed by atoms with Crippen molar-refractivity contribution >= 4 is 11.9 Å². The van der Waals surface area contributed by atoms with Crippen LogP contribution in [0.1, 0.15) is 89.9 Å². The van der Waals surface area contributed by atoms with E-state index >= 15 is 0 Å². The Morgan fingerprint density at radius 1 is 0.760 bits per heavy atom. The molecule has 5 unspecified atom stereocenters. The molecule has 0 radical (unpaired) electrons. The summed E-state index contributed by atoms with van der Waals surface area (Å²) in [5, 5.41) is 3.28. The lowest BCUT2D eigenvalue weighted by molar-refractivity contribution is -0.263. The first-order valence-corrected chi connectivity index (χ1v) is 12.1. The maximum atomic E-state index is 6.69. The highest BCUT2D eigenvalue weighted by molar-refractivity contribution is 7.98. The SMILES string of the molecule is C1CCCNSC2CCC3CCCCN(OC4CCC4CCC1)C3C2. The van der Waals surface area contributed by atoms with E-state index in [0.29, 0.717) is 12.1 Å². The molecule has 1 N–H and O–H groups in total. The van der Waals surface area contributed by atoms with Crippen molar-refractivity contribution in [2.75, 3.05) is 13.1 Å². The van der Waals surface area contributed by atoms with E-state index in [-0.39, 0.29) is 0 Å². The fourth-order valence-corrected chi connectivity index (χ4v) is 6.48. The predicted molar refractivity (Wildman–Crippen MR) is 106 cm³/mol. The van der Waals surface area contributed by atoms with Gasteiger partial charge in [-0.2, -0.15) is 5.06 Å². The average molecular weight is 367 g/mol. The molecule has 2 bridgehead atoms. The summed E-state index contributed by atoms with van der Waals surface area (Å²) in [7, 11) is 0. The number of nitrogens with one attached hydrogen (secondary N) is 1. The van der Waals surface area contributed by atoms with Crippen LogP contribution in [0.4, 0.5) is 0 Å². The fourth-order valence-electron chi connectivity index (χ4n) is 5.43. The molecule has 4 aliphatic rings. The lowest BCUT2D eigenvalue weighted by Crippen LogP contribution is -2.49. The molecule has 2 saturated heterocycles. The molecule has 2 aliphatic heterocycles. The topological polar surface area (TPSA) is 24.5 Å². The smallest absolute Gasteiger partial charge is 0.0821 e. The van der Waals surface area contributed by atoms with Gasteiger partial charge in [-0.15, -0.1) is 0 Å². The largest absolute Gasteiger partial charge is 0.295 e. The van der Waals surface area contributed by atoms with E-state index in [4.69, 9.17) is 4.84 Å². The van der Waals surface area contributed by atoms with E-state index in [1.54, 1.807) is 0 Å². The van der Waals surface area contributed by atoms with E-state index < -0.39 is 0 Å². The van der Waals surface area contributed by atoms with Gasteiger partial charge in [0, 0.05) is 24.4 Å². The van der Waals surface area contributed by atoms with Crippen LogP contribution >= 0.6 is 11.9 Å². The molecule has 25 heavy (non-hydrogen) atoms. The molecule has 0 aromatic heterocycles. The average Bonchev–Trinajstić information content (AvgIpc) is 2.81. The van der Waals surface area contributed by atoms with E-state index in [1.165, 1.54) is 103 Å². The highest BCUT2D eigenvalue weighted by Crippen LogP contribution is 2.41. The van der Waals surface area contributed by atoms with Gasteiger partial charge in [-0.1, -0.05) is 44.1 Å². The highest BCUT2D eigenvalue weighted by Gasteiger charge is 2.40. The summed E-state index contributed by atoms with van der Waals surface area (Å²) in [4.78, 5) is 6.69. The maximum Gasteiger partial charge on any atom is 0.0821 e. The van der Waals surface area contributed by atoms with Gasteiger partial charge in [0.1, 0.15) is 0 Å². The van der Waals surface area contributed by atoms with Gasteiger partial charge < -0.3 is 0 Å². The predicted octanol–water partition coefficient (Wildman–Crippen LogP) is 5.31. The van der Waals surface area contributed by atoms with Gasteiger partial charge in [-0.25, -0.2) is 0 Å². The van der Waals surface area contributed by atoms with Crippen LogP contribution in [0.5, 0.6) is 0 Å². The number of nitrogens with zero attached hydrogens (tertiary/aromatic N) is 1. The number of fused-ring (bicyclic) bond motifs is 2. The van der Waals surface area contributed by atoms with Crippen molar-refractivity contribution in [2.45, 2.75) is 107 Å². The van der Waals surface area contributed by atoms with Crippen molar-refractivity contribution in [3.05, 3.63) is 0 Å². The lowest BCUT2D eigenvalue weighted by Gasteiger charge is -2.45. The molecule has 0 aromatic carbocycles. The highest BCUT2D eigenvalue weighted by atomic mass is 32.2. The second-order valence-corrected chi connectivity index (χ2v) is 10.1. The van der Waals surface area contributed by atoms with Crippen LogP contribution in [0.25, 0.3) is 0 Å². The molecule has 0 amide bonds. The fraction of sp³-hybridized carbons (Fsp3) is 1.00. The molecule has 2 aliphatic carbocycles. The van der Waals surface area contributed by atoms with Crippen molar-refractivity contribution in [2.24, 2.45) is 11.8 Å². The molecular weight excluding hydrogens is 328 g/mol. The molecule has 0 aromatic rings. The zero-order chi connectivity index (χ0) is 16.9. The van der Waals surface area contributed by atoms with Gasteiger partial charge in [0.25, 0.3) is 0 Å². The van der Waals surface area contributed by atoms with Crippen LogP contribution in [-0.2, 0) is 4.84 Å². The minimum atomic E-state index is 0.540. The van der Waals surface area contributed by atoms with E-state index in [9.17, 15) is 0 Å². The van der Waals surface area contributed by atoms with Gasteiger partial charge in [0.15, 0.2) is 0 Å². The van der Waals surface area contributed by atoms with E-state index in [2.05, 4.69) is 9.79 Å². The first-order chi connectivity index (χ1) is 12.4. The van der Waals surface area contributed by atoms with Crippen molar-refractivity contribution in [1.29, 1.82) is 0 Å². The zero-order valence-corrected chi connectivity index (χ0v) is 16.8. The summed E-state index contributed by atoms with van der Waals surface area (Å²) >= 11 is 2.04. The first-order valence-electron chi connectivity index (χ1n) is 11.2. The molecule has 3 nitrogen and oxygen atoms in total. The van der Waals surface area contributed by atoms with Crippen LogP contribution in [0.2, 0.25) is 0 Å². The zero-order valence-electron chi connectivity index (χ0n) is 16.0. The van der Waals surface area contributed by atoms with Crippen molar-refractivity contribution in [1.82, 2.24) is 9.79 Å². The van der Waals surface area contributed by atoms with Gasteiger partial charge >= 0.3 is 0 Å². The minimum Gasteiger partial charge on any atom is -0.295 e. The Balaban J connectivity index is 1.42. The van der Waals surface area contributed by atoms with Crippen LogP contribution in [-0.4, -0.2) is 35.5 Å². The second-order valence-electron chi connectivity index (χ2n) is 8.95. The van der Waals surface area contributed by atoms with E-state index in [1.807, 2.05) is 11.9 Å². The van der Waals surface area contributed by atoms with Gasteiger partial charge in [0.05, 0.1) is 6.10 Å². The van der Waals surface area contributed by atoms with Crippen LogP contribution in [0, 0.1) is 11.8 Å². The number of rotatable bonds is 0. The minimum absolute atomic E-state index is 0.540. The Morgan fingerprint density at radius 2 is 1.56 bits per heavy atom. The number of hydrogen-bond acceptors (Lipinski definition) is 4. The summed E-state index contributed by atoms with van der Waals surface area (Å²) in [6.45, 7) is 2.37. The summed E-state index contributed by atoms with van der Waals surface area (Å²) in [6, 6.07) is 0.685. The monoisotopic (exact) mass is 366 g/mol. The molecular formula is C21H38N2OS. The Kier molecular flexibility index (Phi) is 7.01. The number of hydrogen-bond donors (Lipinski definition) is 1. The maximum absolute atomic E-state index is 6.69. The molecule has 4 heteroatoms. The number of hydroxylamine groups is 2. The summed E-state index contributed by atoms with van der Waals surface area (Å²) in [6.07, 6.45) is 20.0. The van der Waals surface area contributed by atoms with Crippen molar-refractivity contribution in [3.63, 3.8) is 0 Å². The molecule has 2 saturated carbocycles. The molecule has 4 fully saturated rings. The summed E-state index contributed by atoms with van der Waals surface area (Å²) in [5.74, 6) is 1.74. The molecule has 5 atom stereocenters. The van der Waals surface area contributed by atoms with Gasteiger partial charge in [-0.05, 0) is 69.6 Å². The normalized spacial score (nSPS) is 42.0. The third-order valence-corrected chi connectivity index (χ3v) is 8.34. The van der Waals surface area contributed by atoms with Crippen LogP contribution < -0.4 is 4.72 Å². The Morgan fingerprint density at radius 3 is 2.48 bits per heavy atom. The Bertz CT molecular complexity index is 407. The molecule has 2 heterocycles. The Hall–Kier alpha value is 0.230. The third kappa shape index (κ3) is 4.94. The van der Waals surface area contributed by atoms with Crippen LogP contribution in [0.3, 0.4) is 0 Å². The summed E-state index contributed by atoms with van der Waals surface area (Å²) < 4.78 is 3.69. The Labute approximate surface area is 159 Å². The van der Waals surface area contributed by atoms with Crippen molar-refractivity contribution in [3.8, 4) is 0 Å². The van der Waals surface area contributed by atoms with E-state index in [0.717, 1.165) is 17.1 Å². The second kappa shape index (κ2) is 9.43. The summed E-state index contributed by atoms with van der Waals surface area (Å²) in [5.41, 5.74) is 0. The first kappa shape index (κ1) is 18.6. The van der Waals surface area contributed by atoms with Crippen molar-refractivity contribution < 1.29 is 4.84 Å². The van der Waals surface area contributed by atoms with Gasteiger partial charge in [0.2, 0.25) is 0 Å². The van der Waals surface area contributed by atoms with Crippen LogP contribution in [0.15, 0.2) is 0 Å². The lowest BCUT2D eigenvalue weighted by atomic mass is 9.78. The standard InChI is InChI=1S/C21H38N2OS/c1-2-4-9-18-11-13-21(18)24-23-15-7-5-8-17-10-12-19(16-20(17)23)25-22-14-6-3-1/h17-22H,1-16H2. The quantitative estimate of drug-likeness (QED) is 0.587.